The first-order chi connectivity index (χ1) is 16.0. The van der Waals surface area contributed by atoms with Gasteiger partial charge >= 0.3 is 0 Å². The van der Waals surface area contributed by atoms with Crippen LogP contribution in [0.2, 0.25) is 10.0 Å². The third kappa shape index (κ3) is 6.88. The second-order valence-corrected chi connectivity index (χ2v) is 7.65. The second kappa shape index (κ2) is 11.8. The minimum absolute atomic E-state index is 0.0534. The first kappa shape index (κ1) is 23.9. The number of benzene rings is 3. The summed E-state index contributed by atoms with van der Waals surface area (Å²) in [6.45, 7) is 4.21. The molecule has 0 aliphatic carbocycles. The van der Waals surface area contributed by atoms with Crippen LogP contribution >= 0.6 is 23.2 Å². The highest BCUT2D eigenvalue weighted by molar-refractivity contribution is 6.35. The van der Waals surface area contributed by atoms with E-state index in [9.17, 15) is 10.1 Å². The van der Waals surface area contributed by atoms with E-state index in [0.717, 1.165) is 5.56 Å². The molecule has 3 rings (SSSR count). The molecule has 0 fully saturated rings. The average Bonchev–Trinajstić information content (AvgIpc) is 2.82. The summed E-state index contributed by atoms with van der Waals surface area (Å²) < 4.78 is 11.3. The number of halogens is 2. The van der Waals surface area contributed by atoms with Crippen molar-refractivity contribution in [1.82, 2.24) is 0 Å². The van der Waals surface area contributed by atoms with Crippen molar-refractivity contribution >= 4 is 40.9 Å². The van der Waals surface area contributed by atoms with Gasteiger partial charge in [0.15, 0.2) is 0 Å². The summed E-state index contributed by atoms with van der Waals surface area (Å²) in [6.07, 6.45) is 3.11. The molecule has 0 radical (unpaired) electrons. The number of hydrogen-bond acceptors (Lipinski definition) is 4. The van der Waals surface area contributed by atoms with Crippen LogP contribution < -0.4 is 14.8 Å². The third-order valence-corrected chi connectivity index (χ3v) is 5.05. The Bertz CT molecular complexity index is 1210. The topological polar surface area (TPSA) is 71.3 Å². The van der Waals surface area contributed by atoms with Crippen molar-refractivity contribution in [3.8, 4) is 17.6 Å². The van der Waals surface area contributed by atoms with Crippen LogP contribution in [0, 0.1) is 11.3 Å². The number of para-hydroxylation sites is 1. The maximum absolute atomic E-state index is 12.6. The number of ether oxygens (including phenoxy) is 2. The lowest BCUT2D eigenvalue weighted by atomic mass is 10.1. The Morgan fingerprint density at radius 2 is 1.82 bits per heavy atom. The molecular weight excluding hydrogens is 459 g/mol. The Kier molecular flexibility index (Phi) is 8.54. The molecule has 5 nitrogen and oxygen atoms in total. The predicted octanol–water partition coefficient (Wildman–Crippen LogP) is 6.68. The van der Waals surface area contributed by atoms with Gasteiger partial charge in [-0.3, -0.25) is 4.79 Å². The molecule has 166 valence electrons. The first-order valence-corrected chi connectivity index (χ1v) is 10.7. The van der Waals surface area contributed by atoms with Crippen molar-refractivity contribution < 1.29 is 14.3 Å². The fraction of sp³-hybridized carbons (Fsp3) is 0.0769. The number of nitriles is 1. The van der Waals surface area contributed by atoms with E-state index in [0.29, 0.717) is 39.4 Å². The van der Waals surface area contributed by atoms with E-state index in [1.54, 1.807) is 66.7 Å². The highest BCUT2D eigenvalue weighted by atomic mass is 35.5. The fourth-order valence-corrected chi connectivity index (χ4v) is 3.28. The maximum Gasteiger partial charge on any atom is 0.266 e. The molecule has 1 amide bonds. The highest BCUT2D eigenvalue weighted by Crippen LogP contribution is 2.24. The van der Waals surface area contributed by atoms with Gasteiger partial charge in [-0.1, -0.05) is 60.1 Å². The van der Waals surface area contributed by atoms with Gasteiger partial charge in [0.25, 0.3) is 5.91 Å². The number of nitrogens with zero attached hydrogens (tertiary/aromatic N) is 1. The summed E-state index contributed by atoms with van der Waals surface area (Å²) >= 11 is 12.1. The smallest absolute Gasteiger partial charge is 0.266 e. The summed E-state index contributed by atoms with van der Waals surface area (Å²) in [5.41, 5.74) is 1.90. The molecule has 0 aliphatic heterocycles. The number of rotatable bonds is 9. The number of nitrogens with one attached hydrogen (secondary N) is 1. The SMILES string of the molecule is C=CCOc1ccccc1/C=C(\C#N)C(=O)Nc1ccc(OCc2ccc(Cl)cc2Cl)cc1. The zero-order valence-corrected chi connectivity index (χ0v) is 19.1. The molecule has 0 atom stereocenters. The van der Waals surface area contributed by atoms with E-state index in [1.807, 2.05) is 12.1 Å². The molecular formula is C26H20Cl2N2O3. The van der Waals surface area contributed by atoms with E-state index in [-0.39, 0.29) is 12.2 Å². The molecule has 0 saturated heterocycles. The Hall–Kier alpha value is -3.72. The first-order valence-electron chi connectivity index (χ1n) is 9.93. The molecule has 0 aliphatic rings. The summed E-state index contributed by atoms with van der Waals surface area (Å²) in [6, 6.07) is 21.1. The average molecular weight is 479 g/mol. The second-order valence-electron chi connectivity index (χ2n) is 6.81. The van der Waals surface area contributed by atoms with E-state index >= 15 is 0 Å². The number of carbonyl (C=O) groups excluding carboxylic acids is 1. The number of anilines is 1. The van der Waals surface area contributed by atoms with Crippen molar-refractivity contribution in [1.29, 1.82) is 5.26 Å². The van der Waals surface area contributed by atoms with Gasteiger partial charge in [0.1, 0.15) is 36.4 Å². The summed E-state index contributed by atoms with van der Waals surface area (Å²) in [5, 5.41) is 13.3. The quantitative estimate of drug-likeness (QED) is 0.211. The Morgan fingerprint density at radius 3 is 2.52 bits per heavy atom. The van der Waals surface area contributed by atoms with E-state index < -0.39 is 5.91 Å². The van der Waals surface area contributed by atoms with Gasteiger partial charge in [0.2, 0.25) is 0 Å². The number of amides is 1. The van der Waals surface area contributed by atoms with Crippen LogP contribution in [0.3, 0.4) is 0 Å². The molecule has 7 heteroatoms. The molecule has 0 aromatic heterocycles. The predicted molar refractivity (Wildman–Crippen MR) is 132 cm³/mol. The van der Waals surface area contributed by atoms with Gasteiger partial charge in [0.05, 0.1) is 0 Å². The molecule has 1 N–H and O–H groups in total. The van der Waals surface area contributed by atoms with Crippen LogP contribution in [0.4, 0.5) is 5.69 Å². The van der Waals surface area contributed by atoms with Gasteiger partial charge in [-0.2, -0.15) is 5.26 Å². The molecule has 0 bridgehead atoms. The van der Waals surface area contributed by atoms with Crippen molar-refractivity contribution in [3.63, 3.8) is 0 Å². The zero-order valence-electron chi connectivity index (χ0n) is 17.6. The van der Waals surface area contributed by atoms with Gasteiger partial charge in [0, 0.05) is 26.9 Å². The molecule has 0 heterocycles. The fourth-order valence-electron chi connectivity index (χ4n) is 2.82. The standard InChI is InChI=1S/C26H20Cl2N2O3/c1-2-13-32-25-6-4-3-5-18(25)14-20(16-29)26(31)30-22-9-11-23(12-10-22)33-17-19-7-8-21(27)15-24(19)28/h2-12,14-15H,1,13,17H2,(H,30,31)/b20-14+. The molecule has 33 heavy (non-hydrogen) atoms. The molecule has 3 aromatic rings. The lowest BCUT2D eigenvalue weighted by Crippen LogP contribution is -2.13. The van der Waals surface area contributed by atoms with Crippen molar-refractivity contribution in [2.45, 2.75) is 6.61 Å². The Labute approximate surface area is 202 Å². The van der Waals surface area contributed by atoms with Crippen LogP contribution in [0.5, 0.6) is 11.5 Å². The molecule has 3 aromatic carbocycles. The van der Waals surface area contributed by atoms with Gasteiger partial charge in [-0.15, -0.1) is 0 Å². The van der Waals surface area contributed by atoms with Crippen LogP contribution in [-0.2, 0) is 11.4 Å². The van der Waals surface area contributed by atoms with Gasteiger partial charge in [-0.25, -0.2) is 0 Å². The van der Waals surface area contributed by atoms with Crippen molar-refractivity contribution in [2.75, 3.05) is 11.9 Å². The normalized spacial score (nSPS) is 10.8. The van der Waals surface area contributed by atoms with Gasteiger partial charge in [-0.05, 0) is 48.5 Å². The summed E-state index contributed by atoms with van der Waals surface area (Å²) in [4.78, 5) is 12.6. The number of hydrogen-bond donors (Lipinski definition) is 1. The monoisotopic (exact) mass is 478 g/mol. The van der Waals surface area contributed by atoms with Crippen molar-refractivity contribution in [2.24, 2.45) is 0 Å². The Balaban J connectivity index is 1.65. The third-order valence-electron chi connectivity index (χ3n) is 4.46. The van der Waals surface area contributed by atoms with Crippen molar-refractivity contribution in [3.05, 3.63) is 106 Å². The minimum Gasteiger partial charge on any atom is -0.489 e. The van der Waals surface area contributed by atoms with Crippen LogP contribution in [0.25, 0.3) is 6.08 Å². The summed E-state index contributed by atoms with van der Waals surface area (Å²) in [5.74, 6) is 0.626. The molecule has 0 unspecified atom stereocenters. The lowest BCUT2D eigenvalue weighted by molar-refractivity contribution is -0.112. The van der Waals surface area contributed by atoms with Crippen LogP contribution in [-0.4, -0.2) is 12.5 Å². The largest absolute Gasteiger partial charge is 0.489 e. The lowest BCUT2D eigenvalue weighted by Gasteiger charge is -2.10. The maximum atomic E-state index is 12.6. The van der Waals surface area contributed by atoms with E-state index in [4.69, 9.17) is 32.7 Å². The van der Waals surface area contributed by atoms with Crippen LogP contribution in [0.1, 0.15) is 11.1 Å². The highest BCUT2D eigenvalue weighted by Gasteiger charge is 2.11. The summed E-state index contributed by atoms with van der Waals surface area (Å²) in [7, 11) is 0. The van der Waals surface area contributed by atoms with E-state index in [2.05, 4.69) is 11.9 Å². The Morgan fingerprint density at radius 1 is 1.06 bits per heavy atom. The van der Waals surface area contributed by atoms with E-state index in [1.165, 1.54) is 6.08 Å². The minimum atomic E-state index is -0.530. The zero-order chi connectivity index (χ0) is 23.6. The van der Waals surface area contributed by atoms with Gasteiger partial charge < -0.3 is 14.8 Å². The van der Waals surface area contributed by atoms with Crippen LogP contribution in [0.15, 0.2) is 85.0 Å². The molecule has 0 saturated carbocycles. The number of carbonyl (C=O) groups is 1. The molecule has 0 spiro atoms.